The van der Waals surface area contributed by atoms with Crippen LogP contribution in [0.15, 0.2) is 60.1 Å². The summed E-state index contributed by atoms with van der Waals surface area (Å²) in [6, 6.07) is 16.3. The van der Waals surface area contributed by atoms with Crippen LogP contribution in [0.3, 0.4) is 0 Å². The first-order chi connectivity index (χ1) is 14.5. The first-order valence-corrected chi connectivity index (χ1v) is 11.1. The maximum absolute atomic E-state index is 13.2. The van der Waals surface area contributed by atoms with Crippen LogP contribution in [0.2, 0.25) is 0 Å². The first-order valence-electron chi connectivity index (χ1n) is 10.3. The molecule has 0 spiro atoms. The Morgan fingerprint density at radius 2 is 1.90 bits per heavy atom. The SMILES string of the molecule is CC(C)CC(C)NC(=O)c1nn(Cc2ccccc2)c2nccc(-c3cccs3)c12. The van der Waals surface area contributed by atoms with Crippen molar-refractivity contribution in [3.05, 3.63) is 71.4 Å². The minimum atomic E-state index is -0.147. The maximum Gasteiger partial charge on any atom is 0.272 e. The van der Waals surface area contributed by atoms with E-state index in [2.05, 4.69) is 42.3 Å². The van der Waals surface area contributed by atoms with Gasteiger partial charge in [-0.05, 0) is 42.3 Å². The molecule has 6 heteroatoms. The van der Waals surface area contributed by atoms with Gasteiger partial charge in [-0.25, -0.2) is 9.67 Å². The van der Waals surface area contributed by atoms with Crippen LogP contribution in [0, 0.1) is 5.92 Å². The van der Waals surface area contributed by atoms with Gasteiger partial charge in [-0.1, -0.05) is 50.2 Å². The standard InChI is InChI=1S/C24H26N4OS/c1-16(2)14-17(3)26-24(29)22-21-19(20-10-7-13-30-20)11-12-25-23(21)28(27-22)15-18-8-5-4-6-9-18/h4-13,16-17H,14-15H2,1-3H3,(H,26,29). The zero-order chi connectivity index (χ0) is 21.1. The van der Waals surface area contributed by atoms with Crippen LogP contribution in [0.5, 0.6) is 0 Å². The lowest BCUT2D eigenvalue weighted by atomic mass is 10.0. The molecule has 30 heavy (non-hydrogen) atoms. The van der Waals surface area contributed by atoms with Gasteiger partial charge >= 0.3 is 0 Å². The van der Waals surface area contributed by atoms with E-state index in [1.807, 2.05) is 47.3 Å². The van der Waals surface area contributed by atoms with Gasteiger partial charge in [0.15, 0.2) is 11.3 Å². The van der Waals surface area contributed by atoms with Crippen LogP contribution in [0.25, 0.3) is 21.5 Å². The Balaban J connectivity index is 1.80. The third-order valence-electron chi connectivity index (χ3n) is 5.01. The van der Waals surface area contributed by atoms with Crippen molar-refractivity contribution in [3.8, 4) is 10.4 Å². The van der Waals surface area contributed by atoms with Gasteiger partial charge < -0.3 is 5.32 Å². The molecule has 0 saturated heterocycles. The summed E-state index contributed by atoms with van der Waals surface area (Å²) in [6.07, 6.45) is 2.72. The van der Waals surface area contributed by atoms with Crippen molar-refractivity contribution < 1.29 is 4.79 Å². The molecule has 0 fully saturated rings. The molecule has 1 amide bonds. The number of thiophene rings is 1. The van der Waals surface area contributed by atoms with Crippen LogP contribution in [-0.4, -0.2) is 26.7 Å². The second kappa shape index (κ2) is 8.79. The van der Waals surface area contributed by atoms with Crippen molar-refractivity contribution >= 4 is 28.3 Å². The number of aromatic nitrogens is 3. The zero-order valence-electron chi connectivity index (χ0n) is 17.5. The highest BCUT2D eigenvalue weighted by Gasteiger charge is 2.23. The second-order valence-electron chi connectivity index (χ2n) is 8.03. The van der Waals surface area contributed by atoms with E-state index in [4.69, 9.17) is 5.10 Å². The molecule has 0 aliphatic rings. The molecule has 4 aromatic rings. The molecule has 0 aliphatic carbocycles. The molecule has 4 rings (SSSR count). The Morgan fingerprint density at radius 3 is 2.60 bits per heavy atom. The van der Waals surface area contributed by atoms with E-state index < -0.39 is 0 Å². The predicted octanol–water partition coefficient (Wildman–Crippen LogP) is 5.37. The Bertz CT molecular complexity index is 1130. The molecule has 3 heterocycles. The van der Waals surface area contributed by atoms with E-state index in [0.717, 1.165) is 33.5 Å². The zero-order valence-corrected chi connectivity index (χ0v) is 18.3. The van der Waals surface area contributed by atoms with Crippen molar-refractivity contribution in [1.29, 1.82) is 0 Å². The average Bonchev–Trinajstić information content (AvgIpc) is 3.37. The van der Waals surface area contributed by atoms with Crippen LogP contribution < -0.4 is 5.32 Å². The molecule has 154 valence electrons. The number of rotatable bonds is 7. The lowest BCUT2D eigenvalue weighted by molar-refractivity contribution is 0.0932. The number of carbonyl (C=O) groups excluding carboxylic acids is 1. The van der Waals surface area contributed by atoms with Gasteiger partial charge in [0.1, 0.15) is 0 Å². The highest BCUT2D eigenvalue weighted by atomic mass is 32.1. The largest absolute Gasteiger partial charge is 0.348 e. The number of carbonyl (C=O) groups is 1. The quantitative estimate of drug-likeness (QED) is 0.439. The topological polar surface area (TPSA) is 59.8 Å². The second-order valence-corrected chi connectivity index (χ2v) is 8.98. The summed E-state index contributed by atoms with van der Waals surface area (Å²) >= 11 is 1.65. The van der Waals surface area contributed by atoms with Crippen molar-refractivity contribution in [2.24, 2.45) is 5.92 Å². The Kier molecular flexibility index (Phi) is 5.95. The molecular weight excluding hydrogens is 392 g/mol. The van der Waals surface area contributed by atoms with Crippen molar-refractivity contribution in [2.45, 2.75) is 39.8 Å². The van der Waals surface area contributed by atoms with Gasteiger partial charge in [-0.2, -0.15) is 5.10 Å². The minimum absolute atomic E-state index is 0.0775. The minimum Gasteiger partial charge on any atom is -0.348 e. The third-order valence-corrected chi connectivity index (χ3v) is 5.92. The normalized spacial score (nSPS) is 12.4. The lowest BCUT2D eigenvalue weighted by Crippen LogP contribution is -2.34. The summed E-state index contributed by atoms with van der Waals surface area (Å²) in [5, 5.41) is 10.7. The molecule has 0 radical (unpaired) electrons. The molecule has 1 unspecified atom stereocenters. The predicted molar refractivity (Wildman–Crippen MR) is 123 cm³/mol. The summed E-state index contributed by atoms with van der Waals surface area (Å²) < 4.78 is 1.84. The van der Waals surface area contributed by atoms with E-state index in [0.29, 0.717) is 18.2 Å². The van der Waals surface area contributed by atoms with Crippen LogP contribution in [-0.2, 0) is 6.54 Å². The summed E-state index contributed by atoms with van der Waals surface area (Å²) in [7, 11) is 0. The fourth-order valence-corrected chi connectivity index (χ4v) is 4.58. The monoisotopic (exact) mass is 418 g/mol. The fraction of sp³-hybridized carbons (Fsp3) is 0.292. The average molecular weight is 419 g/mol. The summed E-state index contributed by atoms with van der Waals surface area (Å²) in [5.74, 6) is 0.363. The molecular formula is C24H26N4OS. The van der Waals surface area contributed by atoms with E-state index in [1.165, 1.54) is 0 Å². The summed E-state index contributed by atoms with van der Waals surface area (Å²) in [5.41, 5.74) is 3.28. The van der Waals surface area contributed by atoms with E-state index in [-0.39, 0.29) is 11.9 Å². The number of nitrogens with zero attached hydrogens (tertiary/aromatic N) is 3. The molecule has 1 atom stereocenters. The van der Waals surface area contributed by atoms with Crippen molar-refractivity contribution in [3.63, 3.8) is 0 Å². The van der Waals surface area contributed by atoms with Gasteiger partial charge in [0, 0.05) is 22.7 Å². The molecule has 0 aliphatic heterocycles. The molecule has 0 bridgehead atoms. The Morgan fingerprint density at radius 1 is 1.10 bits per heavy atom. The lowest BCUT2D eigenvalue weighted by Gasteiger charge is -2.15. The van der Waals surface area contributed by atoms with E-state index in [1.54, 1.807) is 17.5 Å². The van der Waals surface area contributed by atoms with Gasteiger partial charge in [0.2, 0.25) is 0 Å². The summed E-state index contributed by atoms with van der Waals surface area (Å²) in [6.45, 7) is 6.92. The van der Waals surface area contributed by atoms with E-state index in [9.17, 15) is 4.79 Å². The van der Waals surface area contributed by atoms with Gasteiger partial charge in [0.25, 0.3) is 5.91 Å². The number of hydrogen-bond donors (Lipinski definition) is 1. The van der Waals surface area contributed by atoms with Crippen molar-refractivity contribution in [2.75, 3.05) is 0 Å². The number of pyridine rings is 1. The van der Waals surface area contributed by atoms with Crippen molar-refractivity contribution in [1.82, 2.24) is 20.1 Å². The molecule has 1 aromatic carbocycles. The number of hydrogen-bond acceptors (Lipinski definition) is 4. The number of fused-ring (bicyclic) bond motifs is 1. The Hall–Kier alpha value is -2.99. The van der Waals surface area contributed by atoms with Crippen LogP contribution >= 0.6 is 11.3 Å². The molecule has 5 nitrogen and oxygen atoms in total. The molecule has 0 saturated carbocycles. The third kappa shape index (κ3) is 4.28. The van der Waals surface area contributed by atoms with Gasteiger partial charge in [0.05, 0.1) is 11.9 Å². The smallest absolute Gasteiger partial charge is 0.272 e. The Labute approximate surface area is 180 Å². The first kappa shape index (κ1) is 20.3. The van der Waals surface area contributed by atoms with Gasteiger partial charge in [-0.15, -0.1) is 11.3 Å². The maximum atomic E-state index is 13.2. The number of amides is 1. The fourth-order valence-electron chi connectivity index (χ4n) is 3.82. The van der Waals surface area contributed by atoms with Crippen LogP contribution in [0.4, 0.5) is 0 Å². The highest BCUT2D eigenvalue weighted by molar-refractivity contribution is 7.13. The number of nitrogens with one attached hydrogen (secondary N) is 1. The summed E-state index contributed by atoms with van der Waals surface area (Å²) in [4.78, 5) is 18.9. The van der Waals surface area contributed by atoms with Gasteiger partial charge in [-0.3, -0.25) is 4.79 Å². The highest BCUT2D eigenvalue weighted by Crippen LogP contribution is 2.33. The van der Waals surface area contributed by atoms with Crippen LogP contribution in [0.1, 0.15) is 43.2 Å². The van der Waals surface area contributed by atoms with E-state index >= 15 is 0 Å². The molecule has 3 aromatic heterocycles. The number of benzene rings is 1. The molecule has 1 N–H and O–H groups in total.